The molecule has 0 aromatic heterocycles. The van der Waals surface area contributed by atoms with Crippen LogP contribution in [0.3, 0.4) is 0 Å². The zero-order valence-corrected chi connectivity index (χ0v) is 13.4. The van der Waals surface area contributed by atoms with Crippen molar-refractivity contribution in [2.24, 2.45) is 0 Å². The molecule has 1 saturated heterocycles. The summed E-state index contributed by atoms with van der Waals surface area (Å²) < 4.78 is 0. The van der Waals surface area contributed by atoms with Gasteiger partial charge in [0.15, 0.2) is 0 Å². The molecule has 22 heavy (non-hydrogen) atoms. The van der Waals surface area contributed by atoms with E-state index in [2.05, 4.69) is 77.8 Å². The topological polar surface area (TPSA) is 15.3 Å². The van der Waals surface area contributed by atoms with Crippen LogP contribution in [-0.4, -0.2) is 30.1 Å². The Morgan fingerprint density at radius 2 is 1.59 bits per heavy atom. The van der Waals surface area contributed by atoms with Crippen LogP contribution >= 0.6 is 0 Å². The van der Waals surface area contributed by atoms with E-state index in [0.717, 1.165) is 26.1 Å². The minimum atomic E-state index is 0.574. The number of piperazine rings is 1. The minimum Gasteiger partial charge on any atom is -0.311 e. The van der Waals surface area contributed by atoms with E-state index in [9.17, 15) is 0 Å². The molecule has 2 aromatic rings. The van der Waals surface area contributed by atoms with E-state index >= 15 is 0 Å². The predicted molar refractivity (Wildman–Crippen MR) is 92.9 cm³/mol. The van der Waals surface area contributed by atoms with Crippen LogP contribution in [-0.2, 0) is 13.0 Å². The molecular weight excluding hydrogens is 268 g/mol. The number of hydrogen-bond donors (Lipinski definition) is 1. The normalized spacial score (nSPS) is 22.6. The highest BCUT2D eigenvalue weighted by Gasteiger charge is 2.27. The Balaban J connectivity index is 1.71. The maximum atomic E-state index is 3.71. The Bertz CT molecular complexity index is 552. The molecule has 2 nitrogen and oxygen atoms in total. The lowest BCUT2D eigenvalue weighted by Crippen LogP contribution is -2.56. The van der Waals surface area contributed by atoms with Crippen molar-refractivity contribution in [3.05, 3.63) is 71.8 Å². The zero-order valence-electron chi connectivity index (χ0n) is 13.4. The third kappa shape index (κ3) is 3.96. The second-order valence-corrected chi connectivity index (χ2v) is 6.27. The molecule has 0 radical (unpaired) electrons. The van der Waals surface area contributed by atoms with Crippen molar-refractivity contribution >= 4 is 0 Å². The quantitative estimate of drug-likeness (QED) is 0.908. The van der Waals surface area contributed by atoms with E-state index in [0.29, 0.717) is 12.1 Å². The lowest BCUT2D eigenvalue weighted by Gasteiger charge is -2.40. The number of rotatable bonds is 5. The molecule has 116 valence electrons. The lowest BCUT2D eigenvalue weighted by atomic mass is 9.99. The van der Waals surface area contributed by atoms with Gasteiger partial charge in [0, 0.05) is 31.7 Å². The molecule has 0 saturated carbocycles. The first-order valence-corrected chi connectivity index (χ1v) is 8.40. The fourth-order valence-corrected chi connectivity index (χ4v) is 3.30. The van der Waals surface area contributed by atoms with Gasteiger partial charge in [0.05, 0.1) is 0 Å². The van der Waals surface area contributed by atoms with Gasteiger partial charge in [-0.05, 0) is 24.0 Å². The average Bonchev–Trinajstić information content (AvgIpc) is 2.58. The van der Waals surface area contributed by atoms with E-state index in [1.54, 1.807) is 0 Å². The SMILES string of the molecule is CCC1CN(Cc2ccccc2)C(Cc2ccccc2)CN1. The highest BCUT2D eigenvalue weighted by Crippen LogP contribution is 2.17. The van der Waals surface area contributed by atoms with Crippen LogP contribution in [0.1, 0.15) is 24.5 Å². The third-order valence-electron chi connectivity index (χ3n) is 4.65. The standard InChI is InChI=1S/C20H26N2/c1-2-19-16-22(15-18-11-7-4-8-12-18)20(14-21-19)13-17-9-5-3-6-10-17/h3-12,19-21H,2,13-16H2,1H3. The summed E-state index contributed by atoms with van der Waals surface area (Å²) in [6, 6.07) is 22.9. The maximum Gasteiger partial charge on any atom is 0.0265 e. The first kappa shape index (κ1) is 15.3. The molecule has 2 atom stereocenters. The number of nitrogens with zero attached hydrogens (tertiary/aromatic N) is 1. The Labute approximate surface area is 134 Å². The Hall–Kier alpha value is -1.64. The smallest absolute Gasteiger partial charge is 0.0265 e. The minimum absolute atomic E-state index is 0.574. The average molecular weight is 294 g/mol. The lowest BCUT2D eigenvalue weighted by molar-refractivity contribution is 0.120. The second kappa shape index (κ2) is 7.57. The van der Waals surface area contributed by atoms with Gasteiger partial charge in [-0.25, -0.2) is 0 Å². The van der Waals surface area contributed by atoms with Crippen LogP contribution < -0.4 is 5.32 Å². The van der Waals surface area contributed by atoms with Gasteiger partial charge in [-0.3, -0.25) is 4.90 Å². The Morgan fingerprint density at radius 1 is 0.955 bits per heavy atom. The molecule has 0 aliphatic carbocycles. The largest absolute Gasteiger partial charge is 0.311 e. The maximum absolute atomic E-state index is 3.71. The van der Waals surface area contributed by atoms with Gasteiger partial charge in [0.25, 0.3) is 0 Å². The summed E-state index contributed by atoms with van der Waals surface area (Å²) in [5, 5.41) is 3.71. The first-order valence-electron chi connectivity index (χ1n) is 8.40. The van der Waals surface area contributed by atoms with Crippen molar-refractivity contribution in [2.45, 2.75) is 38.4 Å². The highest BCUT2D eigenvalue weighted by atomic mass is 15.2. The van der Waals surface area contributed by atoms with Crippen molar-refractivity contribution in [3.63, 3.8) is 0 Å². The van der Waals surface area contributed by atoms with E-state index in [-0.39, 0.29) is 0 Å². The fourth-order valence-electron chi connectivity index (χ4n) is 3.30. The van der Waals surface area contributed by atoms with E-state index in [4.69, 9.17) is 0 Å². The summed E-state index contributed by atoms with van der Waals surface area (Å²) >= 11 is 0. The molecule has 2 unspecified atom stereocenters. The predicted octanol–water partition coefficient (Wildman–Crippen LogP) is 3.48. The van der Waals surface area contributed by atoms with Gasteiger partial charge in [-0.15, -0.1) is 0 Å². The van der Waals surface area contributed by atoms with Crippen LogP contribution in [0.5, 0.6) is 0 Å². The Morgan fingerprint density at radius 3 is 2.23 bits per heavy atom. The molecule has 1 fully saturated rings. The van der Waals surface area contributed by atoms with Gasteiger partial charge in [-0.1, -0.05) is 67.6 Å². The summed E-state index contributed by atoms with van der Waals surface area (Å²) in [4.78, 5) is 2.66. The van der Waals surface area contributed by atoms with Gasteiger partial charge in [-0.2, -0.15) is 0 Å². The molecule has 2 heteroatoms. The van der Waals surface area contributed by atoms with Crippen LogP contribution in [0, 0.1) is 0 Å². The zero-order chi connectivity index (χ0) is 15.2. The van der Waals surface area contributed by atoms with Crippen molar-refractivity contribution in [1.82, 2.24) is 10.2 Å². The summed E-state index contributed by atoms with van der Waals surface area (Å²) in [7, 11) is 0. The second-order valence-electron chi connectivity index (χ2n) is 6.27. The first-order chi connectivity index (χ1) is 10.8. The number of benzene rings is 2. The van der Waals surface area contributed by atoms with E-state index in [1.165, 1.54) is 17.5 Å². The molecule has 3 rings (SSSR count). The summed E-state index contributed by atoms with van der Waals surface area (Å²) in [5.74, 6) is 0. The number of nitrogens with one attached hydrogen (secondary N) is 1. The van der Waals surface area contributed by atoms with Crippen LogP contribution in [0.15, 0.2) is 60.7 Å². The summed E-state index contributed by atoms with van der Waals surface area (Å²) in [6.45, 7) is 5.55. The summed E-state index contributed by atoms with van der Waals surface area (Å²) in [6.07, 6.45) is 2.32. The molecule has 1 heterocycles. The van der Waals surface area contributed by atoms with Crippen molar-refractivity contribution in [2.75, 3.05) is 13.1 Å². The van der Waals surface area contributed by atoms with Crippen LogP contribution in [0.25, 0.3) is 0 Å². The Kier molecular flexibility index (Phi) is 5.25. The number of hydrogen-bond acceptors (Lipinski definition) is 2. The molecule has 1 aliphatic heterocycles. The van der Waals surface area contributed by atoms with Crippen molar-refractivity contribution < 1.29 is 0 Å². The van der Waals surface area contributed by atoms with E-state index in [1.807, 2.05) is 0 Å². The van der Waals surface area contributed by atoms with Crippen molar-refractivity contribution in [1.29, 1.82) is 0 Å². The van der Waals surface area contributed by atoms with Crippen LogP contribution in [0.4, 0.5) is 0 Å². The molecule has 1 N–H and O–H groups in total. The van der Waals surface area contributed by atoms with Crippen molar-refractivity contribution in [3.8, 4) is 0 Å². The van der Waals surface area contributed by atoms with Crippen LogP contribution in [0.2, 0.25) is 0 Å². The monoisotopic (exact) mass is 294 g/mol. The molecule has 0 spiro atoms. The highest BCUT2D eigenvalue weighted by molar-refractivity contribution is 5.18. The molecule has 0 amide bonds. The molecule has 1 aliphatic rings. The molecular formula is C20H26N2. The third-order valence-corrected chi connectivity index (χ3v) is 4.65. The van der Waals surface area contributed by atoms with Gasteiger partial charge < -0.3 is 5.32 Å². The fraction of sp³-hybridized carbons (Fsp3) is 0.400. The van der Waals surface area contributed by atoms with Gasteiger partial charge in [0.1, 0.15) is 0 Å². The molecule has 0 bridgehead atoms. The van der Waals surface area contributed by atoms with Gasteiger partial charge in [0.2, 0.25) is 0 Å². The van der Waals surface area contributed by atoms with Gasteiger partial charge >= 0.3 is 0 Å². The summed E-state index contributed by atoms with van der Waals surface area (Å²) in [5.41, 5.74) is 2.85. The molecule has 2 aromatic carbocycles. The van der Waals surface area contributed by atoms with E-state index < -0.39 is 0 Å².